The number of hydrogen-bond donors (Lipinski definition) is 0. The molecule has 0 saturated carbocycles. The molecular weight excluding hydrogens is 466 g/mol. The van der Waals surface area contributed by atoms with Gasteiger partial charge in [0.25, 0.3) is 0 Å². The number of fused-ring (bicyclic) bond motifs is 4. The van der Waals surface area contributed by atoms with Crippen LogP contribution in [0.1, 0.15) is 37.9 Å². The maximum absolute atomic E-state index is 13.5. The first-order chi connectivity index (χ1) is 18.0. The van der Waals surface area contributed by atoms with Crippen molar-refractivity contribution < 1.29 is 19.1 Å². The number of nitrogens with zero attached hydrogens (tertiary/aromatic N) is 3. The summed E-state index contributed by atoms with van der Waals surface area (Å²) in [6.45, 7) is 6.31. The van der Waals surface area contributed by atoms with E-state index in [0.29, 0.717) is 17.4 Å². The SMILES string of the molecule is C=C[C@@H]1C[C@H]2CCN1[C@@H]([C@@H](OC(=O)CN(C(C)=O)c1ccccc1)c1ccnc3ccc(OC)cc13)C2. The molecule has 2 aromatic carbocycles. The van der Waals surface area contributed by atoms with Gasteiger partial charge in [-0.2, -0.15) is 0 Å². The van der Waals surface area contributed by atoms with E-state index in [-0.39, 0.29) is 24.5 Å². The summed E-state index contributed by atoms with van der Waals surface area (Å²) in [5.74, 6) is 0.605. The molecule has 3 fully saturated rings. The van der Waals surface area contributed by atoms with Crippen LogP contribution >= 0.6 is 0 Å². The fourth-order valence-electron chi connectivity index (χ4n) is 5.90. The quantitative estimate of drug-likeness (QED) is 0.324. The molecule has 0 spiro atoms. The minimum Gasteiger partial charge on any atom is -0.497 e. The number of hydrogen-bond acceptors (Lipinski definition) is 6. The zero-order valence-electron chi connectivity index (χ0n) is 21.4. The monoisotopic (exact) mass is 499 g/mol. The van der Waals surface area contributed by atoms with Crippen molar-refractivity contribution in [1.29, 1.82) is 0 Å². The van der Waals surface area contributed by atoms with E-state index in [2.05, 4.69) is 16.5 Å². The average Bonchev–Trinajstić information content (AvgIpc) is 2.94. The summed E-state index contributed by atoms with van der Waals surface area (Å²) in [6, 6.07) is 17.1. The van der Waals surface area contributed by atoms with E-state index in [1.807, 2.05) is 60.7 Å². The van der Waals surface area contributed by atoms with Gasteiger partial charge in [0.05, 0.1) is 18.7 Å². The highest BCUT2D eigenvalue weighted by Crippen LogP contribution is 2.44. The zero-order chi connectivity index (χ0) is 25.9. The van der Waals surface area contributed by atoms with Gasteiger partial charge < -0.3 is 14.4 Å². The van der Waals surface area contributed by atoms with Crippen molar-refractivity contribution in [2.24, 2.45) is 5.92 Å². The number of methoxy groups -OCH3 is 1. The van der Waals surface area contributed by atoms with Gasteiger partial charge in [0, 0.05) is 35.8 Å². The van der Waals surface area contributed by atoms with Crippen LogP contribution in [0.25, 0.3) is 10.9 Å². The summed E-state index contributed by atoms with van der Waals surface area (Å²) in [6.07, 6.45) is 6.40. The van der Waals surface area contributed by atoms with Crippen LogP contribution in [-0.4, -0.2) is 54.0 Å². The fraction of sp³-hybridized carbons (Fsp3) is 0.367. The second kappa shape index (κ2) is 10.7. The molecule has 1 amide bonds. The van der Waals surface area contributed by atoms with Gasteiger partial charge in [-0.3, -0.25) is 19.5 Å². The number of piperidine rings is 3. The van der Waals surface area contributed by atoms with E-state index < -0.39 is 12.1 Å². The van der Waals surface area contributed by atoms with Gasteiger partial charge in [-0.25, -0.2) is 0 Å². The molecule has 5 atom stereocenters. The largest absolute Gasteiger partial charge is 0.497 e. The number of carbonyl (C=O) groups is 2. The van der Waals surface area contributed by atoms with Crippen molar-refractivity contribution in [2.75, 3.05) is 25.1 Å². The van der Waals surface area contributed by atoms with E-state index in [1.165, 1.54) is 11.8 Å². The molecule has 6 rings (SSSR count). The fourth-order valence-corrected chi connectivity index (χ4v) is 5.90. The molecule has 3 saturated heterocycles. The predicted molar refractivity (Wildman–Crippen MR) is 143 cm³/mol. The van der Waals surface area contributed by atoms with E-state index in [9.17, 15) is 9.59 Å². The Bertz CT molecular complexity index is 1290. The first kappa shape index (κ1) is 25.0. The van der Waals surface area contributed by atoms with Gasteiger partial charge >= 0.3 is 5.97 Å². The predicted octanol–water partition coefficient (Wildman–Crippen LogP) is 4.92. The minimum atomic E-state index is -0.528. The molecule has 0 aliphatic carbocycles. The summed E-state index contributed by atoms with van der Waals surface area (Å²) >= 11 is 0. The Morgan fingerprint density at radius 2 is 2.00 bits per heavy atom. The van der Waals surface area contributed by atoms with E-state index in [0.717, 1.165) is 42.3 Å². The Labute approximate surface area is 217 Å². The Kier molecular flexibility index (Phi) is 7.24. The third kappa shape index (κ3) is 5.09. The lowest BCUT2D eigenvalue weighted by Crippen LogP contribution is -2.56. The normalized spacial score (nSPS) is 23.3. The van der Waals surface area contributed by atoms with Crippen molar-refractivity contribution in [2.45, 2.75) is 44.4 Å². The number of ether oxygens (including phenoxy) is 2. The Balaban J connectivity index is 1.52. The molecule has 1 unspecified atom stereocenters. The van der Waals surface area contributed by atoms with E-state index in [4.69, 9.17) is 9.47 Å². The van der Waals surface area contributed by atoms with Crippen LogP contribution in [0.4, 0.5) is 5.69 Å². The van der Waals surface area contributed by atoms with Crippen LogP contribution in [0.2, 0.25) is 0 Å². The van der Waals surface area contributed by atoms with Crippen molar-refractivity contribution in [3.63, 3.8) is 0 Å². The molecule has 0 radical (unpaired) electrons. The number of benzene rings is 2. The topological polar surface area (TPSA) is 72.0 Å². The van der Waals surface area contributed by atoms with Crippen molar-refractivity contribution in [3.8, 4) is 5.75 Å². The summed E-state index contributed by atoms with van der Waals surface area (Å²) < 4.78 is 11.8. The molecule has 0 N–H and O–H groups in total. The van der Waals surface area contributed by atoms with E-state index >= 15 is 0 Å². The number of rotatable bonds is 8. The van der Waals surface area contributed by atoms with Gasteiger partial charge in [0.2, 0.25) is 5.91 Å². The summed E-state index contributed by atoms with van der Waals surface area (Å²) in [4.78, 5) is 34.3. The molecule has 4 heterocycles. The molecule has 3 aliphatic heterocycles. The standard InChI is InChI=1S/C30H33N3O4/c1-4-22-16-21-13-15-32(22)28(17-21)30(25-12-14-31-27-11-10-24(36-3)18-26(25)27)37-29(35)19-33(20(2)34)23-8-6-5-7-9-23/h4-12,14,18,21-22,28,30H,1,13,15-17,19H2,2-3H3/t21-,22-,28-,30+/m1/s1. The van der Waals surface area contributed by atoms with Crippen LogP contribution < -0.4 is 9.64 Å². The first-order valence-corrected chi connectivity index (χ1v) is 12.8. The van der Waals surface area contributed by atoms with Crippen molar-refractivity contribution in [3.05, 3.63) is 79.0 Å². The van der Waals surface area contributed by atoms with Gasteiger partial charge in [-0.15, -0.1) is 6.58 Å². The second-order valence-corrected chi connectivity index (χ2v) is 9.87. The maximum atomic E-state index is 13.5. The molecule has 3 aliphatic rings. The zero-order valence-corrected chi connectivity index (χ0v) is 21.4. The maximum Gasteiger partial charge on any atom is 0.326 e. The smallest absolute Gasteiger partial charge is 0.326 e. The van der Waals surface area contributed by atoms with Gasteiger partial charge in [0.1, 0.15) is 18.4 Å². The molecule has 1 aromatic heterocycles. The Morgan fingerprint density at radius 3 is 2.70 bits per heavy atom. The Hall–Kier alpha value is -3.71. The lowest BCUT2D eigenvalue weighted by Gasteiger charge is -2.51. The highest BCUT2D eigenvalue weighted by Gasteiger charge is 2.44. The summed E-state index contributed by atoms with van der Waals surface area (Å²) in [5, 5.41) is 0.893. The highest BCUT2D eigenvalue weighted by molar-refractivity contribution is 5.96. The number of pyridine rings is 1. The summed E-state index contributed by atoms with van der Waals surface area (Å²) in [5.41, 5.74) is 2.37. The van der Waals surface area contributed by atoms with Crippen LogP contribution in [0.5, 0.6) is 5.75 Å². The molecule has 7 nitrogen and oxygen atoms in total. The molecule has 192 valence electrons. The highest BCUT2D eigenvalue weighted by atomic mass is 16.5. The molecular formula is C30H33N3O4. The van der Waals surface area contributed by atoms with Crippen LogP contribution in [0.3, 0.4) is 0 Å². The van der Waals surface area contributed by atoms with Crippen LogP contribution in [0, 0.1) is 5.92 Å². The van der Waals surface area contributed by atoms with E-state index in [1.54, 1.807) is 13.3 Å². The second-order valence-electron chi connectivity index (χ2n) is 9.87. The van der Waals surface area contributed by atoms with Crippen molar-refractivity contribution in [1.82, 2.24) is 9.88 Å². The third-order valence-corrected chi connectivity index (χ3v) is 7.70. The molecule has 7 heteroatoms. The minimum absolute atomic E-state index is 0.00115. The average molecular weight is 500 g/mol. The number of para-hydroxylation sites is 1. The first-order valence-electron chi connectivity index (χ1n) is 12.8. The van der Waals surface area contributed by atoms with Gasteiger partial charge in [-0.05, 0) is 68.1 Å². The summed E-state index contributed by atoms with van der Waals surface area (Å²) in [7, 11) is 1.63. The van der Waals surface area contributed by atoms with Crippen LogP contribution in [0.15, 0.2) is 73.4 Å². The number of amides is 1. The number of anilines is 1. The lowest BCUT2D eigenvalue weighted by atomic mass is 9.76. The van der Waals surface area contributed by atoms with Gasteiger partial charge in [0.15, 0.2) is 0 Å². The Morgan fingerprint density at radius 1 is 1.19 bits per heavy atom. The molecule has 3 aromatic rings. The van der Waals surface area contributed by atoms with Crippen LogP contribution in [-0.2, 0) is 14.3 Å². The third-order valence-electron chi connectivity index (χ3n) is 7.70. The molecule has 37 heavy (non-hydrogen) atoms. The van der Waals surface area contributed by atoms with Gasteiger partial charge in [-0.1, -0.05) is 24.3 Å². The molecule has 2 bridgehead atoms. The number of esters is 1. The number of aromatic nitrogens is 1. The lowest BCUT2D eigenvalue weighted by molar-refractivity contribution is -0.156. The number of carbonyl (C=O) groups excluding carboxylic acids is 2. The van der Waals surface area contributed by atoms with Crippen molar-refractivity contribution >= 4 is 28.5 Å².